The van der Waals surface area contributed by atoms with Crippen molar-refractivity contribution in [2.75, 3.05) is 13.2 Å². The summed E-state index contributed by atoms with van der Waals surface area (Å²) in [6, 6.07) is 7.96. The van der Waals surface area contributed by atoms with Gasteiger partial charge >= 0.3 is 0 Å². The fraction of sp³-hybridized carbons (Fsp3) is 0.520. The average molecular weight is 397 g/mol. The number of allylic oxidation sites excluding steroid dienone is 2. The van der Waals surface area contributed by atoms with Crippen molar-refractivity contribution < 1.29 is 9.47 Å². The average Bonchev–Trinajstić information content (AvgIpc) is 2.77. The molecule has 29 heavy (non-hydrogen) atoms. The summed E-state index contributed by atoms with van der Waals surface area (Å²) in [6.07, 6.45) is 15.9. The van der Waals surface area contributed by atoms with E-state index in [9.17, 15) is 0 Å². The molecule has 1 aromatic carbocycles. The highest BCUT2D eigenvalue weighted by Crippen LogP contribution is 2.21. The van der Waals surface area contributed by atoms with Gasteiger partial charge in [-0.3, -0.25) is 0 Å². The molecule has 0 radical (unpaired) electrons. The smallest absolute Gasteiger partial charge is 0.159 e. The number of aromatic nitrogens is 2. The lowest BCUT2D eigenvalue weighted by molar-refractivity contribution is 0.292. The second-order valence-corrected chi connectivity index (χ2v) is 7.49. The quantitative estimate of drug-likeness (QED) is 0.258. The van der Waals surface area contributed by atoms with E-state index in [0.29, 0.717) is 12.4 Å². The maximum absolute atomic E-state index is 5.82. The van der Waals surface area contributed by atoms with Crippen LogP contribution in [0.3, 0.4) is 0 Å². The Balaban J connectivity index is 1.72. The topological polar surface area (TPSA) is 44.2 Å². The Morgan fingerprint density at radius 1 is 0.862 bits per heavy atom. The van der Waals surface area contributed by atoms with Crippen LogP contribution in [0.1, 0.15) is 65.7 Å². The number of hydrogen-bond donors (Lipinski definition) is 0. The van der Waals surface area contributed by atoms with Gasteiger partial charge in [0.25, 0.3) is 0 Å². The fourth-order valence-electron chi connectivity index (χ4n) is 2.90. The van der Waals surface area contributed by atoms with Crippen molar-refractivity contribution in [1.82, 2.24) is 9.97 Å². The van der Waals surface area contributed by atoms with Gasteiger partial charge in [-0.25, -0.2) is 9.97 Å². The third-order valence-corrected chi connectivity index (χ3v) is 4.98. The van der Waals surface area contributed by atoms with Crippen molar-refractivity contribution >= 4 is 0 Å². The Labute approximate surface area is 176 Å². The zero-order valence-corrected chi connectivity index (χ0v) is 18.3. The first kappa shape index (κ1) is 22.9. The van der Waals surface area contributed by atoms with Crippen LogP contribution in [0.4, 0.5) is 0 Å². The van der Waals surface area contributed by atoms with Gasteiger partial charge in [-0.05, 0) is 68.7 Å². The van der Waals surface area contributed by atoms with E-state index >= 15 is 0 Å². The highest BCUT2D eigenvalue weighted by atomic mass is 16.5. The van der Waals surface area contributed by atoms with E-state index in [1.807, 2.05) is 24.3 Å². The molecule has 4 nitrogen and oxygen atoms in total. The molecule has 2 rings (SSSR count). The van der Waals surface area contributed by atoms with Gasteiger partial charge in [0.15, 0.2) is 11.6 Å². The zero-order valence-electron chi connectivity index (χ0n) is 18.3. The monoisotopic (exact) mass is 396 g/mol. The predicted octanol–water partition coefficient (Wildman–Crippen LogP) is 6.86. The second kappa shape index (κ2) is 13.8. The summed E-state index contributed by atoms with van der Waals surface area (Å²) >= 11 is 0. The molecular formula is C25H36N2O2. The molecular weight excluding hydrogens is 360 g/mol. The largest absolute Gasteiger partial charge is 0.494 e. The summed E-state index contributed by atoms with van der Waals surface area (Å²) < 4.78 is 11.6. The molecule has 4 heteroatoms. The van der Waals surface area contributed by atoms with Crippen molar-refractivity contribution in [3.05, 3.63) is 48.8 Å². The third kappa shape index (κ3) is 9.12. The summed E-state index contributed by atoms with van der Waals surface area (Å²) in [5, 5.41) is 0. The number of nitrogens with zero attached hydrogens (tertiary/aromatic N) is 2. The molecule has 1 heterocycles. The molecule has 0 bridgehead atoms. The van der Waals surface area contributed by atoms with Crippen LogP contribution in [-0.2, 0) is 0 Å². The molecule has 0 aliphatic carbocycles. The summed E-state index contributed by atoms with van der Waals surface area (Å²) in [4.78, 5) is 8.87. The van der Waals surface area contributed by atoms with Gasteiger partial charge in [-0.2, -0.15) is 0 Å². The number of benzene rings is 1. The van der Waals surface area contributed by atoms with Gasteiger partial charge in [0, 0.05) is 5.56 Å². The van der Waals surface area contributed by atoms with Crippen molar-refractivity contribution in [3.8, 4) is 22.9 Å². The van der Waals surface area contributed by atoms with Crippen molar-refractivity contribution in [2.24, 2.45) is 5.92 Å². The Hall–Kier alpha value is -2.36. The van der Waals surface area contributed by atoms with E-state index in [0.717, 1.165) is 61.7 Å². The van der Waals surface area contributed by atoms with E-state index in [4.69, 9.17) is 9.47 Å². The van der Waals surface area contributed by atoms with Crippen molar-refractivity contribution in [3.63, 3.8) is 0 Å². The van der Waals surface area contributed by atoms with Crippen LogP contribution < -0.4 is 9.47 Å². The first-order chi connectivity index (χ1) is 14.2. The van der Waals surface area contributed by atoms with E-state index in [1.54, 1.807) is 12.4 Å². The summed E-state index contributed by atoms with van der Waals surface area (Å²) in [5.74, 6) is 3.07. The first-order valence-corrected chi connectivity index (χ1v) is 11.1. The normalized spacial score (nSPS) is 12.2. The molecule has 1 aromatic heterocycles. The summed E-state index contributed by atoms with van der Waals surface area (Å²) in [7, 11) is 0. The second-order valence-electron chi connectivity index (χ2n) is 7.49. The fourth-order valence-corrected chi connectivity index (χ4v) is 2.90. The lowest BCUT2D eigenvalue weighted by atomic mass is 10.0. The van der Waals surface area contributed by atoms with Crippen molar-refractivity contribution in [1.29, 1.82) is 0 Å². The molecule has 2 aromatic rings. The van der Waals surface area contributed by atoms with Crippen LogP contribution in [0.25, 0.3) is 11.4 Å². The standard InChI is InChI=1S/C25H36N2O2/c1-4-6-7-8-9-10-17-28-23-15-13-22(14-16-23)25-26-19-24(20-27-25)29-18-11-12-21(3)5-2/h6-7,13-16,19-21H,4-5,8-12,17-18H2,1-3H3/t21-/m0/s1. The molecule has 1 atom stereocenters. The Kier molecular flexibility index (Phi) is 10.9. The minimum Gasteiger partial charge on any atom is -0.494 e. The first-order valence-electron chi connectivity index (χ1n) is 11.1. The third-order valence-electron chi connectivity index (χ3n) is 4.98. The molecule has 158 valence electrons. The van der Waals surface area contributed by atoms with E-state index in [2.05, 4.69) is 42.9 Å². The maximum Gasteiger partial charge on any atom is 0.159 e. The van der Waals surface area contributed by atoms with Gasteiger partial charge in [-0.1, -0.05) is 39.3 Å². The predicted molar refractivity (Wildman–Crippen MR) is 120 cm³/mol. The van der Waals surface area contributed by atoms with Crippen LogP contribution in [0.5, 0.6) is 11.5 Å². The van der Waals surface area contributed by atoms with Gasteiger partial charge in [0.05, 0.1) is 25.6 Å². The van der Waals surface area contributed by atoms with E-state index in [1.165, 1.54) is 12.8 Å². The number of hydrogen-bond acceptors (Lipinski definition) is 4. The highest BCUT2D eigenvalue weighted by Gasteiger charge is 2.04. The van der Waals surface area contributed by atoms with Crippen LogP contribution >= 0.6 is 0 Å². The number of unbranched alkanes of at least 4 members (excludes halogenated alkanes) is 2. The Morgan fingerprint density at radius 3 is 2.24 bits per heavy atom. The summed E-state index contributed by atoms with van der Waals surface area (Å²) in [5.41, 5.74) is 0.977. The van der Waals surface area contributed by atoms with Gasteiger partial charge < -0.3 is 9.47 Å². The van der Waals surface area contributed by atoms with Crippen LogP contribution in [0.15, 0.2) is 48.8 Å². The number of ether oxygens (including phenoxy) is 2. The minimum absolute atomic E-state index is 0.700. The Morgan fingerprint density at radius 2 is 1.55 bits per heavy atom. The molecule has 0 N–H and O–H groups in total. The lowest BCUT2D eigenvalue weighted by Gasteiger charge is -2.09. The molecule has 0 aliphatic rings. The van der Waals surface area contributed by atoms with E-state index < -0.39 is 0 Å². The van der Waals surface area contributed by atoms with Crippen LogP contribution in [0.2, 0.25) is 0 Å². The molecule has 0 fully saturated rings. The minimum atomic E-state index is 0.700. The SMILES string of the molecule is CCC=CCCCCOc1ccc(-c2ncc(OCCC[C@@H](C)CC)cn2)cc1. The van der Waals surface area contributed by atoms with Gasteiger partial charge in [-0.15, -0.1) is 0 Å². The van der Waals surface area contributed by atoms with Crippen LogP contribution in [0, 0.1) is 5.92 Å². The van der Waals surface area contributed by atoms with Gasteiger partial charge in [0.1, 0.15) is 5.75 Å². The zero-order chi connectivity index (χ0) is 20.7. The van der Waals surface area contributed by atoms with Gasteiger partial charge in [0.2, 0.25) is 0 Å². The molecule has 0 spiro atoms. The Bertz CT molecular complexity index is 696. The lowest BCUT2D eigenvalue weighted by Crippen LogP contribution is -2.02. The molecule has 0 aliphatic heterocycles. The maximum atomic E-state index is 5.82. The molecule has 0 saturated carbocycles. The number of rotatable bonds is 14. The summed E-state index contributed by atoms with van der Waals surface area (Å²) in [6.45, 7) is 8.13. The van der Waals surface area contributed by atoms with E-state index in [-0.39, 0.29) is 0 Å². The van der Waals surface area contributed by atoms with Crippen molar-refractivity contribution in [2.45, 2.75) is 65.7 Å². The van der Waals surface area contributed by atoms with Crippen LogP contribution in [-0.4, -0.2) is 23.2 Å². The highest BCUT2D eigenvalue weighted by molar-refractivity contribution is 5.56. The molecule has 0 amide bonds. The molecule has 0 unspecified atom stereocenters. The molecule has 0 saturated heterocycles.